The fraction of sp³-hybridized carbons (Fsp3) is 0.532. The number of nitrogens with zero attached hydrogens (tertiary/aromatic N) is 3. The number of likely N-dealkylation sites (N-methyl/N-ethyl adjacent to an activating group) is 1. The van der Waals surface area contributed by atoms with Crippen molar-refractivity contribution in [2.75, 3.05) is 47.0 Å². The third-order valence-electron chi connectivity index (χ3n) is 13.4. The van der Waals surface area contributed by atoms with E-state index >= 15 is 4.79 Å². The molecule has 2 N–H and O–H groups in total. The first-order valence-corrected chi connectivity index (χ1v) is 22.7. The number of rotatable bonds is 6. The summed E-state index contributed by atoms with van der Waals surface area (Å²) in [5, 5.41) is 26.4. The number of hydrogen-bond acceptors (Lipinski definition) is 17. The molecule has 16 nitrogen and oxygen atoms in total. The maximum atomic E-state index is 15.1. The molecule has 3 aromatic rings. The fourth-order valence-electron chi connectivity index (χ4n) is 10.8. The van der Waals surface area contributed by atoms with Gasteiger partial charge in [0.1, 0.15) is 24.0 Å². The lowest BCUT2D eigenvalue weighted by Crippen LogP contribution is -2.69. The van der Waals surface area contributed by atoms with E-state index in [1.54, 1.807) is 32.9 Å². The first kappa shape index (κ1) is 43.8. The topological polar surface area (TPSA) is 188 Å². The average Bonchev–Trinajstić information content (AvgIpc) is 3.73. The molecule has 0 aliphatic carbocycles. The second-order valence-electron chi connectivity index (χ2n) is 18.3. The quantitative estimate of drug-likeness (QED) is 0.158. The lowest BCUT2D eigenvalue weighted by atomic mass is 9.71. The number of phenols is 1. The first-order chi connectivity index (χ1) is 30.6. The van der Waals surface area contributed by atoms with Gasteiger partial charge in [0.2, 0.25) is 6.79 Å². The van der Waals surface area contributed by atoms with Gasteiger partial charge in [-0.1, -0.05) is 13.0 Å². The van der Waals surface area contributed by atoms with Crippen LogP contribution >= 0.6 is 11.8 Å². The molecule has 2 unspecified atom stereocenters. The van der Waals surface area contributed by atoms with Gasteiger partial charge in [-0.25, -0.2) is 9.59 Å². The summed E-state index contributed by atoms with van der Waals surface area (Å²) in [6, 6.07) is 5.19. The molecule has 340 valence electrons. The number of ether oxygens (including phenoxy) is 8. The molecule has 2 saturated heterocycles. The number of thioether (sulfide) groups is 1. The third kappa shape index (κ3) is 6.78. The van der Waals surface area contributed by atoms with Gasteiger partial charge in [-0.3, -0.25) is 19.9 Å². The Morgan fingerprint density at radius 3 is 2.48 bits per heavy atom. The zero-order chi connectivity index (χ0) is 45.6. The van der Waals surface area contributed by atoms with E-state index < -0.39 is 58.7 Å². The van der Waals surface area contributed by atoms with Crippen molar-refractivity contribution in [1.29, 1.82) is 5.26 Å². The SMILES string of the molecule is CCCC(=O)Oc1c(C)c2c(c3c1[C@H]1SC[C@]4(NCCc5cc(OC(=O)OC(C)(C)C)c(OC)cc54)C(=O)OC[C@@H]3N3C1[C@@H]1c4c(cc(C)c(OC)c4O)CC([C@@H]3C#N)N1C)OCO2. The van der Waals surface area contributed by atoms with E-state index in [0.717, 1.165) is 16.7 Å². The normalized spacial score (nSPS) is 26.7. The number of methoxy groups -OCH3 is 2. The molecule has 7 atom stereocenters. The lowest BCUT2D eigenvalue weighted by Gasteiger charge is -2.62. The Hall–Kier alpha value is -5.41. The minimum atomic E-state index is -1.45. The number of fused-ring (bicyclic) bond motifs is 9. The molecule has 1 spiro atoms. The first-order valence-electron chi connectivity index (χ1n) is 21.7. The average molecular weight is 899 g/mol. The zero-order valence-electron chi connectivity index (χ0n) is 37.5. The number of aryl methyl sites for hydroxylation is 1. The number of phenolic OH excluding ortho intramolecular Hbond substituents is 1. The van der Waals surface area contributed by atoms with Gasteiger partial charge < -0.3 is 43.0 Å². The molecule has 7 aliphatic heterocycles. The zero-order valence-corrected chi connectivity index (χ0v) is 38.4. The van der Waals surface area contributed by atoms with Gasteiger partial charge in [0.15, 0.2) is 40.0 Å². The molecule has 0 radical (unpaired) electrons. The highest BCUT2D eigenvalue weighted by molar-refractivity contribution is 7.99. The van der Waals surface area contributed by atoms with Crippen LogP contribution in [0, 0.1) is 25.2 Å². The summed E-state index contributed by atoms with van der Waals surface area (Å²) in [4.78, 5) is 46.0. The van der Waals surface area contributed by atoms with Gasteiger partial charge >= 0.3 is 18.1 Å². The summed E-state index contributed by atoms with van der Waals surface area (Å²) in [5.41, 5.74) is 3.36. The molecular weight excluding hydrogens is 845 g/mol. The number of esters is 2. The van der Waals surface area contributed by atoms with E-state index in [-0.39, 0.29) is 48.9 Å². The fourth-order valence-corrected chi connectivity index (χ4v) is 12.5. The Morgan fingerprint density at radius 1 is 1.02 bits per heavy atom. The molecule has 0 aromatic heterocycles. The number of aromatic hydroxyl groups is 1. The monoisotopic (exact) mass is 898 g/mol. The summed E-state index contributed by atoms with van der Waals surface area (Å²) in [6.07, 6.45) is 0.800. The van der Waals surface area contributed by atoms with Gasteiger partial charge in [0.05, 0.1) is 37.6 Å². The van der Waals surface area contributed by atoms with Crippen LogP contribution in [0.2, 0.25) is 0 Å². The van der Waals surface area contributed by atoms with E-state index in [2.05, 4.69) is 21.2 Å². The van der Waals surface area contributed by atoms with E-state index in [4.69, 9.17) is 37.9 Å². The Bertz CT molecular complexity index is 2500. The standard InChI is InChI=1S/C47H54N4O12S/c1-10-11-32(52)62-40-23(3)41-42(60-21-59-41)34-29-19-58-44(54)47(26-17-30(56-8)31(16-24(26)12-13-49-47)61-45(55)63-46(4,5)6)20-64-43(35(34)40)37-36-33-25(14-22(2)39(57-9)38(33)53)15-27(50(36)7)28(18-48)51(29)37/h14,16-17,27-29,36-37,43,49,53H,10-13,15,19-21H2,1-9H3/t27?,28-,29-,36-,37?,43+,47+/m0/s1. The second kappa shape index (κ2) is 16.2. The summed E-state index contributed by atoms with van der Waals surface area (Å²) < 4.78 is 48.1. The molecular formula is C47H54N4O12S. The summed E-state index contributed by atoms with van der Waals surface area (Å²) >= 11 is 1.47. The molecule has 3 aromatic carbocycles. The molecule has 0 saturated carbocycles. The highest BCUT2D eigenvalue weighted by Crippen LogP contribution is 2.64. The number of carbonyl (C=O) groups excluding carboxylic acids is 3. The Balaban J connectivity index is 1.27. The lowest BCUT2D eigenvalue weighted by molar-refractivity contribution is -0.157. The predicted octanol–water partition coefficient (Wildman–Crippen LogP) is 6.38. The van der Waals surface area contributed by atoms with Crippen molar-refractivity contribution in [3.05, 3.63) is 62.7 Å². The maximum Gasteiger partial charge on any atom is 0.514 e. The molecule has 7 aliphatic rings. The van der Waals surface area contributed by atoms with Gasteiger partial charge in [-0.05, 0) is 95.3 Å². The van der Waals surface area contributed by atoms with Gasteiger partial charge in [0.25, 0.3) is 0 Å². The molecule has 2 fully saturated rings. The Kier molecular flexibility index (Phi) is 11.1. The molecule has 10 rings (SSSR count). The minimum absolute atomic E-state index is 0.0279. The van der Waals surface area contributed by atoms with E-state index in [9.17, 15) is 20.0 Å². The Labute approximate surface area is 376 Å². The highest BCUT2D eigenvalue weighted by atomic mass is 32.2. The minimum Gasteiger partial charge on any atom is -0.504 e. The molecule has 17 heteroatoms. The van der Waals surface area contributed by atoms with Crippen LogP contribution in [-0.4, -0.2) is 104 Å². The molecule has 0 amide bonds. The number of hydrogen-bond donors (Lipinski definition) is 2. The van der Waals surface area contributed by atoms with Crippen molar-refractivity contribution >= 4 is 29.9 Å². The van der Waals surface area contributed by atoms with E-state index in [0.29, 0.717) is 76.6 Å². The van der Waals surface area contributed by atoms with Crippen LogP contribution in [0.25, 0.3) is 0 Å². The van der Waals surface area contributed by atoms with E-state index in [1.165, 1.54) is 26.0 Å². The van der Waals surface area contributed by atoms with Crippen LogP contribution in [0.4, 0.5) is 4.79 Å². The van der Waals surface area contributed by atoms with Crippen LogP contribution in [0.15, 0.2) is 18.2 Å². The molecule has 64 heavy (non-hydrogen) atoms. The van der Waals surface area contributed by atoms with Crippen molar-refractivity contribution < 1.29 is 57.4 Å². The molecule has 7 heterocycles. The van der Waals surface area contributed by atoms with Crippen molar-refractivity contribution in [2.24, 2.45) is 0 Å². The van der Waals surface area contributed by atoms with Gasteiger partial charge in [-0.15, -0.1) is 11.8 Å². The number of nitriles is 1. The number of carbonyl (C=O) groups is 3. The predicted molar refractivity (Wildman–Crippen MR) is 232 cm³/mol. The van der Waals surface area contributed by atoms with Crippen molar-refractivity contribution in [1.82, 2.24) is 15.1 Å². The maximum absolute atomic E-state index is 15.1. The van der Waals surface area contributed by atoms with E-state index in [1.807, 2.05) is 33.9 Å². The van der Waals surface area contributed by atoms with Crippen molar-refractivity contribution in [2.45, 2.75) is 114 Å². The van der Waals surface area contributed by atoms with Gasteiger partial charge in [0, 0.05) is 53.1 Å². The summed E-state index contributed by atoms with van der Waals surface area (Å²) in [6.45, 7) is 11.0. The summed E-state index contributed by atoms with van der Waals surface area (Å²) in [7, 11) is 4.98. The van der Waals surface area contributed by atoms with Crippen LogP contribution in [0.5, 0.6) is 40.2 Å². The van der Waals surface area contributed by atoms with Crippen molar-refractivity contribution in [3.8, 4) is 46.3 Å². The third-order valence-corrected chi connectivity index (χ3v) is 14.9. The van der Waals surface area contributed by atoms with Crippen LogP contribution in [0.1, 0.15) is 102 Å². The van der Waals surface area contributed by atoms with Gasteiger partial charge in [-0.2, -0.15) is 5.26 Å². The number of piperazine rings is 1. The Morgan fingerprint density at radius 2 is 1.78 bits per heavy atom. The van der Waals surface area contributed by atoms with Crippen LogP contribution < -0.4 is 33.7 Å². The largest absolute Gasteiger partial charge is 0.514 e. The number of nitrogens with one attached hydrogen (secondary N) is 1. The smallest absolute Gasteiger partial charge is 0.504 e. The van der Waals surface area contributed by atoms with Crippen LogP contribution in [0.3, 0.4) is 0 Å². The number of benzene rings is 3. The van der Waals surface area contributed by atoms with Crippen molar-refractivity contribution in [3.63, 3.8) is 0 Å². The highest BCUT2D eigenvalue weighted by Gasteiger charge is 2.62. The second-order valence-corrected chi connectivity index (χ2v) is 19.4. The molecule has 4 bridgehead atoms. The summed E-state index contributed by atoms with van der Waals surface area (Å²) in [5.74, 6) is 1.10. The van der Waals surface area contributed by atoms with Crippen LogP contribution in [-0.2, 0) is 37.4 Å².